The van der Waals surface area contributed by atoms with E-state index >= 15 is 4.39 Å². The van der Waals surface area contributed by atoms with Gasteiger partial charge >= 0.3 is 5.97 Å². The largest absolute Gasteiger partial charge is 0.477 e. The maximum atomic E-state index is 15.4. The first-order valence-electron chi connectivity index (χ1n) is 13.3. The molecule has 43 heavy (non-hydrogen) atoms. The third-order valence-electron chi connectivity index (χ3n) is 7.10. The molecule has 9 nitrogen and oxygen atoms in total. The Kier molecular flexibility index (Phi) is 7.48. The van der Waals surface area contributed by atoms with E-state index in [-0.39, 0.29) is 47.2 Å². The SMILES string of the molecule is N#Cc1ccc(COc2nc(-c3ccc(Cc4nc5ccc(C(=O)O)nc5n4CC4CCO4)cc3F)ccc2F)c(F)c1. The zero-order chi connectivity index (χ0) is 30.1. The Labute approximate surface area is 242 Å². The van der Waals surface area contributed by atoms with Crippen LogP contribution in [0.3, 0.4) is 0 Å². The number of carboxylic acid groups (broad SMARTS) is 1. The zero-order valence-corrected chi connectivity index (χ0v) is 22.4. The van der Waals surface area contributed by atoms with E-state index in [2.05, 4.69) is 15.0 Å². The molecule has 0 amide bonds. The number of rotatable bonds is 9. The van der Waals surface area contributed by atoms with Gasteiger partial charge in [-0.05, 0) is 60.5 Å². The topological polar surface area (TPSA) is 123 Å². The second-order valence-corrected chi connectivity index (χ2v) is 9.95. The van der Waals surface area contributed by atoms with Gasteiger partial charge in [0.15, 0.2) is 17.2 Å². The second-order valence-electron chi connectivity index (χ2n) is 9.95. The number of carboxylic acids is 1. The molecule has 0 saturated carbocycles. The van der Waals surface area contributed by atoms with Crippen molar-refractivity contribution in [2.24, 2.45) is 0 Å². The quantitative estimate of drug-likeness (QED) is 0.243. The smallest absolute Gasteiger partial charge is 0.354 e. The molecule has 1 aliphatic heterocycles. The number of pyridine rings is 2. The molecule has 216 valence electrons. The Balaban J connectivity index is 1.25. The van der Waals surface area contributed by atoms with Crippen LogP contribution in [-0.4, -0.2) is 43.3 Å². The molecule has 12 heteroatoms. The maximum Gasteiger partial charge on any atom is 0.354 e. The third-order valence-corrected chi connectivity index (χ3v) is 7.10. The molecular weight excluding hydrogens is 563 g/mol. The number of ether oxygens (including phenoxy) is 2. The van der Waals surface area contributed by atoms with Gasteiger partial charge in [0.1, 0.15) is 29.6 Å². The maximum absolute atomic E-state index is 15.4. The van der Waals surface area contributed by atoms with Crippen molar-refractivity contribution in [1.82, 2.24) is 19.5 Å². The van der Waals surface area contributed by atoms with Gasteiger partial charge < -0.3 is 19.1 Å². The summed E-state index contributed by atoms with van der Waals surface area (Å²) in [6.07, 6.45) is 1.02. The number of imidazole rings is 1. The Morgan fingerprint density at radius 1 is 1.02 bits per heavy atom. The summed E-state index contributed by atoms with van der Waals surface area (Å²) in [4.78, 5) is 24.5. The van der Waals surface area contributed by atoms with Crippen molar-refractivity contribution in [3.8, 4) is 23.2 Å². The fraction of sp³-hybridized carbons (Fsp3) is 0.194. The van der Waals surface area contributed by atoms with Gasteiger partial charge in [-0.15, -0.1) is 0 Å². The molecule has 5 aromatic rings. The van der Waals surface area contributed by atoms with Crippen LogP contribution in [0.15, 0.2) is 60.7 Å². The lowest BCUT2D eigenvalue weighted by Gasteiger charge is -2.27. The van der Waals surface area contributed by atoms with Crippen LogP contribution in [0.2, 0.25) is 0 Å². The van der Waals surface area contributed by atoms with Crippen molar-refractivity contribution < 1.29 is 32.5 Å². The highest BCUT2D eigenvalue weighted by Gasteiger charge is 2.23. The highest BCUT2D eigenvalue weighted by atomic mass is 19.1. The molecule has 0 aliphatic carbocycles. The summed E-state index contributed by atoms with van der Waals surface area (Å²) in [5.41, 5.74) is 1.85. The average molecular weight is 586 g/mol. The Morgan fingerprint density at radius 3 is 2.56 bits per heavy atom. The minimum absolute atomic E-state index is 0.0556. The molecule has 3 aromatic heterocycles. The number of carbonyl (C=O) groups is 1. The van der Waals surface area contributed by atoms with E-state index in [9.17, 15) is 18.7 Å². The summed E-state index contributed by atoms with van der Waals surface area (Å²) < 4.78 is 56.8. The Bertz CT molecular complexity index is 1920. The first-order valence-corrected chi connectivity index (χ1v) is 13.3. The van der Waals surface area contributed by atoms with E-state index in [1.807, 2.05) is 6.07 Å². The van der Waals surface area contributed by atoms with Crippen molar-refractivity contribution in [3.63, 3.8) is 0 Å². The number of hydrogen-bond donors (Lipinski definition) is 1. The van der Waals surface area contributed by atoms with Gasteiger partial charge in [-0.25, -0.2) is 32.9 Å². The van der Waals surface area contributed by atoms with Crippen molar-refractivity contribution in [1.29, 1.82) is 5.26 Å². The summed E-state index contributed by atoms with van der Waals surface area (Å²) in [7, 11) is 0. The highest BCUT2D eigenvalue weighted by Crippen LogP contribution is 2.28. The monoisotopic (exact) mass is 585 g/mol. The molecule has 2 aromatic carbocycles. The lowest BCUT2D eigenvalue weighted by Crippen LogP contribution is -2.32. The fourth-order valence-electron chi connectivity index (χ4n) is 4.74. The number of nitrogens with zero attached hydrogens (tertiary/aromatic N) is 5. The first kappa shape index (κ1) is 27.9. The Morgan fingerprint density at radius 2 is 1.86 bits per heavy atom. The molecule has 1 fully saturated rings. The molecule has 0 bridgehead atoms. The van der Waals surface area contributed by atoms with Crippen LogP contribution < -0.4 is 4.74 Å². The summed E-state index contributed by atoms with van der Waals surface area (Å²) in [5, 5.41) is 18.3. The van der Waals surface area contributed by atoms with Gasteiger partial charge in [0.05, 0.1) is 30.0 Å². The number of aromatic nitrogens is 4. The average Bonchev–Trinajstić information content (AvgIpc) is 3.31. The van der Waals surface area contributed by atoms with Crippen LogP contribution in [0.25, 0.3) is 22.4 Å². The standard InChI is InChI=1S/C31H22F3N5O4/c32-22-5-6-25(38-30(22)43-16-19-3-1-18(14-35)12-23(19)33)21-4-2-17(11-24(21)34)13-28-36-26-7-8-27(31(40)41)37-29(26)39(28)15-20-9-10-42-20/h1-8,11-12,20H,9-10,13,15-16H2,(H,40,41). The van der Waals surface area contributed by atoms with Crippen LogP contribution >= 0.6 is 0 Å². The number of benzene rings is 2. The van der Waals surface area contributed by atoms with Crippen LogP contribution in [0.5, 0.6) is 5.88 Å². The number of hydrogen-bond acceptors (Lipinski definition) is 7. The molecule has 0 spiro atoms. The van der Waals surface area contributed by atoms with Crippen LogP contribution in [0.1, 0.15) is 39.4 Å². The Hall–Kier alpha value is -5.28. The highest BCUT2D eigenvalue weighted by molar-refractivity contribution is 5.88. The van der Waals surface area contributed by atoms with E-state index in [1.165, 1.54) is 36.4 Å². The summed E-state index contributed by atoms with van der Waals surface area (Å²) in [6, 6.07) is 15.6. The predicted molar refractivity (Wildman–Crippen MR) is 147 cm³/mol. The van der Waals surface area contributed by atoms with Gasteiger partial charge in [-0.1, -0.05) is 12.1 Å². The van der Waals surface area contributed by atoms with Crippen LogP contribution in [0.4, 0.5) is 13.2 Å². The van der Waals surface area contributed by atoms with Gasteiger partial charge in [-0.2, -0.15) is 5.26 Å². The van der Waals surface area contributed by atoms with Crippen molar-refractivity contribution in [3.05, 3.63) is 106 Å². The minimum atomic E-state index is -1.15. The van der Waals surface area contributed by atoms with Crippen LogP contribution in [0, 0.1) is 28.8 Å². The third kappa shape index (κ3) is 5.75. The molecule has 1 aliphatic rings. The van der Waals surface area contributed by atoms with E-state index in [0.717, 1.165) is 18.6 Å². The number of halogens is 3. The van der Waals surface area contributed by atoms with Gasteiger partial charge in [0.2, 0.25) is 0 Å². The van der Waals surface area contributed by atoms with Crippen molar-refractivity contribution in [2.75, 3.05) is 6.61 Å². The summed E-state index contributed by atoms with van der Waals surface area (Å²) in [5.74, 6) is -3.11. The minimum Gasteiger partial charge on any atom is -0.477 e. The van der Waals surface area contributed by atoms with E-state index < -0.39 is 29.3 Å². The molecular formula is C31H22F3N5O4. The summed E-state index contributed by atoms with van der Waals surface area (Å²) in [6.45, 7) is 0.725. The van der Waals surface area contributed by atoms with E-state index in [1.54, 1.807) is 16.7 Å². The number of fused-ring (bicyclic) bond motifs is 1. The lowest BCUT2D eigenvalue weighted by atomic mass is 10.0. The van der Waals surface area contributed by atoms with Crippen molar-refractivity contribution >= 4 is 17.1 Å². The van der Waals surface area contributed by atoms with E-state index in [4.69, 9.17) is 14.7 Å². The first-order chi connectivity index (χ1) is 20.8. The van der Waals surface area contributed by atoms with Crippen molar-refractivity contribution in [2.45, 2.75) is 32.1 Å². The molecule has 1 N–H and O–H groups in total. The van der Waals surface area contributed by atoms with Crippen LogP contribution in [-0.2, 0) is 24.3 Å². The number of nitriles is 1. The molecule has 0 radical (unpaired) electrons. The molecule has 1 atom stereocenters. The predicted octanol–water partition coefficient (Wildman–Crippen LogP) is 5.44. The number of aromatic carboxylic acids is 1. The van der Waals surface area contributed by atoms with Gasteiger partial charge in [0.25, 0.3) is 5.88 Å². The lowest BCUT2D eigenvalue weighted by molar-refractivity contribution is -0.0590. The molecule has 6 rings (SSSR count). The molecule has 4 heterocycles. The zero-order valence-electron chi connectivity index (χ0n) is 22.4. The summed E-state index contributed by atoms with van der Waals surface area (Å²) >= 11 is 0. The van der Waals surface area contributed by atoms with Gasteiger partial charge in [0, 0.05) is 24.2 Å². The fourth-order valence-corrected chi connectivity index (χ4v) is 4.74. The second kappa shape index (κ2) is 11.5. The van der Waals surface area contributed by atoms with E-state index in [0.29, 0.717) is 35.7 Å². The van der Waals surface area contributed by atoms with Gasteiger partial charge in [-0.3, -0.25) is 0 Å². The molecule has 1 saturated heterocycles. The normalized spacial score (nSPS) is 14.3. The molecule has 1 unspecified atom stereocenters.